The molecule has 0 bridgehead atoms. The molecule has 0 atom stereocenters. The van der Waals surface area contributed by atoms with Gasteiger partial charge in [0.2, 0.25) is 5.95 Å². The Labute approximate surface area is 142 Å². The summed E-state index contributed by atoms with van der Waals surface area (Å²) < 4.78 is 6.75. The van der Waals surface area contributed by atoms with E-state index in [1.54, 1.807) is 37.7 Å². The fourth-order valence-corrected chi connectivity index (χ4v) is 2.40. The first-order valence-corrected chi connectivity index (χ1v) is 7.40. The number of anilines is 1. The van der Waals surface area contributed by atoms with Crippen molar-refractivity contribution in [1.29, 1.82) is 0 Å². The van der Waals surface area contributed by atoms with Crippen LogP contribution in [0, 0.1) is 0 Å². The minimum atomic E-state index is 0.381. The van der Waals surface area contributed by atoms with Gasteiger partial charge in [-0.15, -0.1) is 0 Å². The topological polar surface area (TPSA) is 77.8 Å². The maximum absolute atomic E-state index is 6.22. The van der Waals surface area contributed by atoms with Crippen molar-refractivity contribution in [3.63, 3.8) is 0 Å². The van der Waals surface area contributed by atoms with Crippen molar-refractivity contribution in [1.82, 2.24) is 25.2 Å². The Balaban J connectivity index is 1.86. The molecule has 2 aromatic heterocycles. The molecule has 0 aliphatic rings. The molecule has 3 aromatic rings. The third-order valence-corrected chi connectivity index (χ3v) is 3.96. The predicted molar refractivity (Wildman–Crippen MR) is 87.3 cm³/mol. The lowest BCUT2D eigenvalue weighted by Crippen LogP contribution is -2.08. The average molecular weight is 351 g/mol. The maximum atomic E-state index is 6.22. The van der Waals surface area contributed by atoms with Gasteiger partial charge in [0, 0.05) is 18.3 Å². The van der Waals surface area contributed by atoms with Gasteiger partial charge in [0.05, 0.1) is 29.0 Å². The van der Waals surface area contributed by atoms with Crippen LogP contribution in [0.15, 0.2) is 36.7 Å². The normalized spacial score (nSPS) is 10.6. The summed E-state index contributed by atoms with van der Waals surface area (Å²) >= 11 is 12.3. The molecule has 0 fully saturated rings. The van der Waals surface area contributed by atoms with E-state index < -0.39 is 0 Å². The van der Waals surface area contributed by atoms with Crippen LogP contribution in [0.2, 0.25) is 10.0 Å². The van der Waals surface area contributed by atoms with Gasteiger partial charge in [-0.05, 0) is 28.6 Å². The lowest BCUT2D eigenvalue weighted by Gasteiger charge is -2.11. The number of ether oxygens (including phenoxy) is 1. The van der Waals surface area contributed by atoms with Gasteiger partial charge >= 0.3 is 0 Å². The largest absolute Gasteiger partial charge is 0.495 e. The van der Waals surface area contributed by atoms with Crippen molar-refractivity contribution in [2.45, 2.75) is 6.54 Å². The van der Waals surface area contributed by atoms with E-state index in [9.17, 15) is 0 Å². The number of tetrazole rings is 1. The van der Waals surface area contributed by atoms with Crippen molar-refractivity contribution in [2.75, 3.05) is 12.4 Å². The number of nitrogens with one attached hydrogen (secondary N) is 1. The van der Waals surface area contributed by atoms with Gasteiger partial charge in [0.15, 0.2) is 0 Å². The average Bonchev–Trinajstić information content (AvgIpc) is 3.04. The molecular formula is C14H12Cl2N6O. The zero-order valence-electron chi connectivity index (χ0n) is 12.1. The number of nitrogens with zero attached hydrogens (tertiary/aromatic N) is 5. The van der Waals surface area contributed by atoms with Crippen LogP contribution in [-0.4, -0.2) is 32.3 Å². The van der Waals surface area contributed by atoms with Gasteiger partial charge in [-0.3, -0.25) is 4.98 Å². The van der Waals surface area contributed by atoms with Crippen LogP contribution in [-0.2, 0) is 6.54 Å². The Morgan fingerprint density at radius 2 is 2.13 bits per heavy atom. The maximum Gasteiger partial charge on any atom is 0.248 e. The molecule has 0 amide bonds. The number of pyridine rings is 1. The molecule has 118 valence electrons. The van der Waals surface area contributed by atoms with E-state index in [1.165, 1.54) is 4.68 Å². The van der Waals surface area contributed by atoms with Crippen LogP contribution in [0.1, 0.15) is 5.56 Å². The van der Waals surface area contributed by atoms with Gasteiger partial charge < -0.3 is 10.1 Å². The highest BCUT2D eigenvalue weighted by atomic mass is 35.5. The van der Waals surface area contributed by atoms with E-state index in [0.29, 0.717) is 34.0 Å². The second kappa shape index (κ2) is 6.80. The van der Waals surface area contributed by atoms with Gasteiger partial charge in [-0.25, -0.2) is 0 Å². The summed E-state index contributed by atoms with van der Waals surface area (Å²) in [4.78, 5) is 4.02. The Bertz CT molecular complexity index is 823. The third-order valence-electron chi connectivity index (χ3n) is 3.16. The molecule has 0 saturated carbocycles. The summed E-state index contributed by atoms with van der Waals surface area (Å²) in [5, 5.41) is 15.6. The minimum Gasteiger partial charge on any atom is -0.495 e. The summed E-state index contributed by atoms with van der Waals surface area (Å²) in [5.74, 6) is 1.12. The molecule has 0 saturated heterocycles. The monoisotopic (exact) mass is 350 g/mol. The number of hydrogen-bond donors (Lipinski definition) is 1. The number of hydrogen-bond acceptors (Lipinski definition) is 6. The summed E-state index contributed by atoms with van der Waals surface area (Å²) in [5.41, 5.74) is 1.52. The molecule has 0 unspecified atom stereocenters. The van der Waals surface area contributed by atoms with Gasteiger partial charge in [0.1, 0.15) is 5.75 Å². The lowest BCUT2D eigenvalue weighted by molar-refractivity contribution is 0.408. The molecule has 3 rings (SSSR count). The highest BCUT2D eigenvalue weighted by Gasteiger charge is 2.13. The molecule has 23 heavy (non-hydrogen) atoms. The standard InChI is InChI=1S/C14H12Cl2N6O/c1-23-12-8-17-6-5-9(12)7-18-14-19-20-21-22(14)11-4-2-3-10(15)13(11)16/h2-6,8H,7H2,1H3,(H,18,19,21). The Morgan fingerprint density at radius 3 is 2.96 bits per heavy atom. The van der Waals surface area contributed by atoms with Gasteiger partial charge in [-0.1, -0.05) is 34.4 Å². The summed E-state index contributed by atoms with van der Waals surface area (Å²) in [6, 6.07) is 7.11. The molecule has 0 radical (unpaired) electrons. The van der Waals surface area contributed by atoms with E-state index in [1.807, 2.05) is 6.07 Å². The van der Waals surface area contributed by atoms with Crippen LogP contribution < -0.4 is 10.1 Å². The minimum absolute atomic E-state index is 0.381. The van der Waals surface area contributed by atoms with E-state index in [-0.39, 0.29) is 0 Å². The first-order valence-electron chi connectivity index (χ1n) is 6.64. The molecule has 0 spiro atoms. The first kappa shape index (κ1) is 15.5. The molecule has 2 heterocycles. The number of benzene rings is 1. The first-order chi connectivity index (χ1) is 11.2. The number of aromatic nitrogens is 5. The SMILES string of the molecule is COc1cnccc1CNc1nnnn1-c1cccc(Cl)c1Cl. The zero-order chi connectivity index (χ0) is 16.2. The second-order valence-electron chi connectivity index (χ2n) is 4.53. The molecule has 1 aromatic carbocycles. The number of halogens is 2. The summed E-state index contributed by atoms with van der Waals surface area (Å²) in [6.07, 6.45) is 3.34. The number of methoxy groups -OCH3 is 1. The number of rotatable bonds is 5. The second-order valence-corrected chi connectivity index (χ2v) is 5.31. The van der Waals surface area contributed by atoms with Crippen molar-refractivity contribution in [3.8, 4) is 11.4 Å². The Morgan fingerprint density at radius 1 is 1.26 bits per heavy atom. The zero-order valence-corrected chi connectivity index (χ0v) is 13.6. The van der Waals surface area contributed by atoms with Crippen molar-refractivity contribution < 1.29 is 4.74 Å². The van der Waals surface area contributed by atoms with Crippen LogP contribution >= 0.6 is 23.2 Å². The van der Waals surface area contributed by atoms with E-state index >= 15 is 0 Å². The van der Waals surface area contributed by atoms with E-state index in [2.05, 4.69) is 25.8 Å². The van der Waals surface area contributed by atoms with E-state index in [4.69, 9.17) is 27.9 Å². The highest BCUT2D eigenvalue weighted by Crippen LogP contribution is 2.29. The predicted octanol–water partition coefficient (Wildman–Crippen LogP) is 2.98. The van der Waals surface area contributed by atoms with Crippen LogP contribution in [0.5, 0.6) is 5.75 Å². The van der Waals surface area contributed by atoms with Gasteiger partial charge in [-0.2, -0.15) is 4.68 Å². The van der Waals surface area contributed by atoms with Crippen molar-refractivity contribution in [2.24, 2.45) is 0 Å². The Kier molecular flexibility index (Phi) is 4.59. The van der Waals surface area contributed by atoms with Gasteiger partial charge in [0.25, 0.3) is 0 Å². The lowest BCUT2D eigenvalue weighted by atomic mass is 10.2. The molecular weight excluding hydrogens is 339 g/mol. The van der Waals surface area contributed by atoms with Crippen LogP contribution in [0.4, 0.5) is 5.95 Å². The molecule has 0 aliphatic heterocycles. The molecule has 1 N–H and O–H groups in total. The fourth-order valence-electron chi connectivity index (χ4n) is 2.03. The Hall–Kier alpha value is -2.38. The van der Waals surface area contributed by atoms with E-state index in [0.717, 1.165) is 5.56 Å². The molecule has 0 aliphatic carbocycles. The van der Waals surface area contributed by atoms with Crippen LogP contribution in [0.25, 0.3) is 5.69 Å². The third kappa shape index (κ3) is 3.20. The van der Waals surface area contributed by atoms with Crippen molar-refractivity contribution in [3.05, 3.63) is 52.3 Å². The molecule has 7 nitrogen and oxygen atoms in total. The molecule has 9 heteroatoms. The van der Waals surface area contributed by atoms with Crippen LogP contribution in [0.3, 0.4) is 0 Å². The van der Waals surface area contributed by atoms with Crippen molar-refractivity contribution >= 4 is 29.2 Å². The summed E-state index contributed by atoms with van der Waals surface area (Å²) in [6.45, 7) is 0.463. The fraction of sp³-hybridized carbons (Fsp3) is 0.143. The smallest absolute Gasteiger partial charge is 0.248 e. The summed E-state index contributed by atoms with van der Waals surface area (Å²) in [7, 11) is 1.59. The quantitative estimate of drug-likeness (QED) is 0.762. The highest BCUT2D eigenvalue weighted by molar-refractivity contribution is 6.43.